The van der Waals surface area contributed by atoms with E-state index in [1.54, 1.807) is 6.26 Å². The van der Waals surface area contributed by atoms with Crippen molar-refractivity contribution in [3.8, 4) is 0 Å². The van der Waals surface area contributed by atoms with Gasteiger partial charge in [0.25, 0.3) is 0 Å². The lowest BCUT2D eigenvalue weighted by Crippen LogP contribution is -2.30. The normalized spacial score (nSPS) is 16.7. The van der Waals surface area contributed by atoms with Gasteiger partial charge in [-0.2, -0.15) is 5.10 Å². The summed E-state index contributed by atoms with van der Waals surface area (Å²) in [5.41, 5.74) is 1.04. The van der Waals surface area contributed by atoms with Gasteiger partial charge in [0.2, 0.25) is 0 Å². The highest BCUT2D eigenvalue weighted by Gasteiger charge is 2.07. The predicted octanol–water partition coefficient (Wildman–Crippen LogP) is 1.71. The first-order valence-electron chi connectivity index (χ1n) is 6.10. The van der Waals surface area contributed by atoms with E-state index in [0.29, 0.717) is 11.8 Å². The van der Waals surface area contributed by atoms with Crippen molar-refractivity contribution in [2.24, 2.45) is 0 Å². The van der Waals surface area contributed by atoms with Gasteiger partial charge in [0, 0.05) is 47.6 Å². The number of nitrogens with one attached hydrogen (secondary N) is 1. The Morgan fingerprint density at radius 2 is 2.24 bits per heavy atom. The zero-order valence-electron chi connectivity index (χ0n) is 11.1. The van der Waals surface area contributed by atoms with Gasteiger partial charge in [0.1, 0.15) is 0 Å². The second-order valence-electron chi connectivity index (χ2n) is 4.57. The SMILES string of the molecule is CCC(C)n1ccc(CNC(C)CS(C)=O)n1. The van der Waals surface area contributed by atoms with Crippen molar-refractivity contribution in [2.75, 3.05) is 12.0 Å². The molecule has 98 valence electrons. The van der Waals surface area contributed by atoms with Crippen LogP contribution in [0.5, 0.6) is 0 Å². The Kier molecular flexibility index (Phi) is 5.85. The van der Waals surface area contributed by atoms with Gasteiger partial charge in [0.15, 0.2) is 0 Å². The Morgan fingerprint density at radius 1 is 1.53 bits per heavy atom. The fourth-order valence-corrected chi connectivity index (χ4v) is 2.42. The van der Waals surface area contributed by atoms with Crippen molar-refractivity contribution in [1.29, 1.82) is 0 Å². The summed E-state index contributed by atoms with van der Waals surface area (Å²) in [6.07, 6.45) is 4.84. The van der Waals surface area contributed by atoms with Gasteiger partial charge >= 0.3 is 0 Å². The van der Waals surface area contributed by atoms with E-state index in [9.17, 15) is 4.21 Å². The maximum atomic E-state index is 11.0. The van der Waals surface area contributed by atoms with E-state index in [4.69, 9.17) is 0 Å². The zero-order valence-corrected chi connectivity index (χ0v) is 12.0. The number of hydrogen-bond donors (Lipinski definition) is 1. The fourth-order valence-electron chi connectivity index (χ4n) is 1.59. The molecule has 3 unspecified atom stereocenters. The molecule has 0 spiro atoms. The van der Waals surface area contributed by atoms with E-state index in [1.807, 2.05) is 23.9 Å². The molecule has 1 rings (SSSR count). The highest BCUT2D eigenvalue weighted by molar-refractivity contribution is 7.84. The van der Waals surface area contributed by atoms with E-state index in [0.717, 1.165) is 18.7 Å². The summed E-state index contributed by atoms with van der Waals surface area (Å²) in [6, 6.07) is 2.74. The molecule has 0 aliphatic heterocycles. The largest absolute Gasteiger partial charge is 0.308 e. The van der Waals surface area contributed by atoms with E-state index in [2.05, 4.69) is 24.3 Å². The molecule has 0 saturated carbocycles. The van der Waals surface area contributed by atoms with Crippen LogP contribution in [0.4, 0.5) is 0 Å². The third-order valence-electron chi connectivity index (χ3n) is 2.82. The van der Waals surface area contributed by atoms with Crippen LogP contribution in [0.15, 0.2) is 12.3 Å². The summed E-state index contributed by atoms with van der Waals surface area (Å²) >= 11 is 0. The second kappa shape index (κ2) is 6.91. The molecule has 0 bridgehead atoms. The Balaban J connectivity index is 2.42. The average molecular weight is 257 g/mol. The van der Waals surface area contributed by atoms with Crippen LogP contribution in [0.3, 0.4) is 0 Å². The van der Waals surface area contributed by atoms with Crippen LogP contribution in [0.1, 0.15) is 38.9 Å². The zero-order chi connectivity index (χ0) is 12.8. The van der Waals surface area contributed by atoms with Gasteiger partial charge in [-0.3, -0.25) is 8.89 Å². The van der Waals surface area contributed by atoms with Crippen molar-refractivity contribution in [2.45, 2.75) is 45.8 Å². The van der Waals surface area contributed by atoms with Gasteiger partial charge < -0.3 is 5.32 Å². The maximum Gasteiger partial charge on any atom is 0.0762 e. The minimum absolute atomic E-state index is 0.259. The highest BCUT2D eigenvalue weighted by Crippen LogP contribution is 2.09. The molecular weight excluding hydrogens is 234 g/mol. The molecule has 1 heterocycles. The number of rotatable bonds is 7. The van der Waals surface area contributed by atoms with Gasteiger partial charge in [-0.25, -0.2) is 0 Å². The van der Waals surface area contributed by atoms with Gasteiger partial charge in [-0.15, -0.1) is 0 Å². The Morgan fingerprint density at radius 3 is 2.82 bits per heavy atom. The molecular formula is C12H23N3OS. The third kappa shape index (κ3) is 5.00. The third-order valence-corrected chi connectivity index (χ3v) is 3.79. The molecule has 0 saturated heterocycles. The topological polar surface area (TPSA) is 46.9 Å². The van der Waals surface area contributed by atoms with E-state index < -0.39 is 10.8 Å². The van der Waals surface area contributed by atoms with E-state index >= 15 is 0 Å². The summed E-state index contributed by atoms with van der Waals surface area (Å²) < 4.78 is 13.0. The molecule has 0 aromatic carbocycles. The molecule has 1 aromatic heterocycles. The first kappa shape index (κ1) is 14.4. The average Bonchev–Trinajstić information content (AvgIpc) is 2.73. The Bertz CT molecular complexity index is 364. The minimum Gasteiger partial charge on any atom is -0.308 e. The molecule has 3 atom stereocenters. The van der Waals surface area contributed by atoms with Crippen LogP contribution in [0, 0.1) is 0 Å². The van der Waals surface area contributed by atoms with Crippen molar-refractivity contribution < 1.29 is 4.21 Å². The van der Waals surface area contributed by atoms with Crippen LogP contribution in [0.2, 0.25) is 0 Å². The Hall–Kier alpha value is -0.680. The summed E-state index contributed by atoms with van der Waals surface area (Å²) in [4.78, 5) is 0. The van der Waals surface area contributed by atoms with Crippen molar-refractivity contribution in [3.05, 3.63) is 18.0 Å². The predicted molar refractivity (Wildman–Crippen MR) is 72.5 cm³/mol. The summed E-state index contributed by atoms with van der Waals surface area (Å²) in [6.45, 7) is 7.10. The molecule has 4 nitrogen and oxygen atoms in total. The molecule has 0 fully saturated rings. The maximum absolute atomic E-state index is 11.0. The second-order valence-corrected chi connectivity index (χ2v) is 6.05. The quantitative estimate of drug-likeness (QED) is 0.809. The Labute approximate surface area is 106 Å². The van der Waals surface area contributed by atoms with Gasteiger partial charge in [-0.1, -0.05) is 6.92 Å². The van der Waals surface area contributed by atoms with Crippen LogP contribution in [-0.4, -0.2) is 32.0 Å². The molecule has 0 aliphatic rings. The fraction of sp³-hybridized carbons (Fsp3) is 0.750. The number of aromatic nitrogens is 2. The number of hydrogen-bond acceptors (Lipinski definition) is 3. The lowest BCUT2D eigenvalue weighted by Gasteiger charge is -2.11. The summed E-state index contributed by atoms with van der Waals surface area (Å²) in [7, 11) is -0.745. The van der Waals surface area contributed by atoms with Crippen molar-refractivity contribution in [3.63, 3.8) is 0 Å². The van der Waals surface area contributed by atoms with Gasteiger partial charge in [-0.05, 0) is 26.3 Å². The lowest BCUT2D eigenvalue weighted by atomic mass is 10.3. The standard InChI is InChI=1S/C12H23N3OS/c1-5-11(3)15-7-6-12(14-15)8-13-10(2)9-17(4)16/h6-7,10-11,13H,5,8-9H2,1-4H3. The molecule has 5 heteroatoms. The van der Waals surface area contributed by atoms with Crippen molar-refractivity contribution in [1.82, 2.24) is 15.1 Å². The van der Waals surface area contributed by atoms with Crippen LogP contribution in [-0.2, 0) is 17.3 Å². The molecule has 17 heavy (non-hydrogen) atoms. The lowest BCUT2D eigenvalue weighted by molar-refractivity contribution is 0.469. The van der Waals surface area contributed by atoms with Gasteiger partial charge in [0.05, 0.1) is 5.69 Å². The summed E-state index contributed by atoms with van der Waals surface area (Å²) in [5, 5.41) is 7.84. The van der Waals surface area contributed by atoms with Crippen LogP contribution >= 0.6 is 0 Å². The number of nitrogens with zero attached hydrogens (tertiary/aromatic N) is 2. The molecule has 0 amide bonds. The smallest absolute Gasteiger partial charge is 0.0762 e. The first-order chi connectivity index (χ1) is 8.02. The first-order valence-corrected chi connectivity index (χ1v) is 7.83. The summed E-state index contributed by atoms with van der Waals surface area (Å²) in [5.74, 6) is 0.687. The van der Waals surface area contributed by atoms with E-state index in [-0.39, 0.29) is 6.04 Å². The van der Waals surface area contributed by atoms with Crippen LogP contribution in [0.25, 0.3) is 0 Å². The van der Waals surface area contributed by atoms with Crippen molar-refractivity contribution >= 4 is 10.8 Å². The van der Waals surface area contributed by atoms with Crippen LogP contribution < -0.4 is 5.32 Å². The molecule has 1 aromatic rings. The molecule has 0 aliphatic carbocycles. The molecule has 1 N–H and O–H groups in total. The minimum atomic E-state index is -0.745. The van der Waals surface area contributed by atoms with E-state index in [1.165, 1.54) is 0 Å². The molecule has 0 radical (unpaired) electrons. The highest BCUT2D eigenvalue weighted by atomic mass is 32.2. The monoisotopic (exact) mass is 257 g/mol.